The lowest BCUT2D eigenvalue weighted by molar-refractivity contribution is 0.271. The molecule has 5 nitrogen and oxygen atoms in total. The third kappa shape index (κ3) is 7.79. The molecule has 0 amide bonds. The summed E-state index contributed by atoms with van der Waals surface area (Å²) in [6, 6.07) is 0. The van der Waals surface area contributed by atoms with E-state index >= 15 is 0 Å². The Hall–Kier alpha value is -1.14. The molecule has 0 fully saturated rings. The van der Waals surface area contributed by atoms with Crippen molar-refractivity contribution in [1.29, 1.82) is 0 Å². The smallest absolute Gasteiger partial charge is 0.191 e. The minimum absolute atomic E-state index is 0.787. The zero-order valence-corrected chi connectivity index (χ0v) is 16.2. The van der Waals surface area contributed by atoms with Gasteiger partial charge in [0.2, 0.25) is 0 Å². The van der Waals surface area contributed by atoms with Crippen molar-refractivity contribution < 1.29 is 0 Å². The number of aryl methyl sites for hydroxylation is 2. The number of hydrogen-bond acceptors (Lipinski definition) is 4. The molecule has 2 N–H and O–H groups in total. The summed E-state index contributed by atoms with van der Waals surface area (Å²) in [4.78, 5) is 12.6. The third-order valence-corrected chi connectivity index (χ3v) is 4.74. The maximum absolute atomic E-state index is 4.46. The quantitative estimate of drug-likeness (QED) is 0.391. The Morgan fingerprint density at radius 3 is 2.35 bits per heavy atom. The van der Waals surface area contributed by atoms with Crippen LogP contribution in [0.15, 0.2) is 4.99 Å². The molecule has 1 aromatic rings. The summed E-state index contributed by atoms with van der Waals surface area (Å²) in [6.07, 6.45) is 3.59. The van der Waals surface area contributed by atoms with Gasteiger partial charge in [-0.15, -0.1) is 11.3 Å². The first kappa shape index (κ1) is 19.9. The first-order chi connectivity index (χ1) is 11.1. The number of hydrogen-bond donors (Lipinski definition) is 2. The van der Waals surface area contributed by atoms with Crippen LogP contribution in [0, 0.1) is 13.8 Å². The summed E-state index contributed by atoms with van der Waals surface area (Å²) < 4.78 is 0. The van der Waals surface area contributed by atoms with Crippen molar-refractivity contribution in [3.05, 3.63) is 15.6 Å². The van der Waals surface area contributed by atoms with Crippen LogP contribution in [-0.2, 0) is 6.54 Å². The standard InChI is InChI=1S/C17H33N5S/c1-6-10-22(11-7-2)12-8-9-19-17(18-5)20-13-16-14(3)21-15(4)23-16/h6-13H2,1-5H3,(H2,18,19,20). The molecule has 132 valence electrons. The Balaban J connectivity index is 2.27. The monoisotopic (exact) mass is 339 g/mol. The molecule has 0 radical (unpaired) electrons. The Labute approximate surface area is 145 Å². The largest absolute Gasteiger partial charge is 0.356 e. The minimum atomic E-state index is 0.787. The predicted molar refractivity (Wildman–Crippen MR) is 101 cm³/mol. The fourth-order valence-corrected chi connectivity index (χ4v) is 3.48. The van der Waals surface area contributed by atoms with Crippen molar-refractivity contribution >= 4 is 17.3 Å². The average molecular weight is 340 g/mol. The zero-order chi connectivity index (χ0) is 17.1. The highest BCUT2D eigenvalue weighted by molar-refractivity contribution is 7.11. The summed E-state index contributed by atoms with van der Waals surface area (Å²) in [5.74, 6) is 0.869. The molecule has 0 aliphatic heterocycles. The maximum atomic E-state index is 4.46. The molecule has 1 rings (SSSR count). The van der Waals surface area contributed by atoms with E-state index in [2.05, 4.69) is 46.3 Å². The van der Waals surface area contributed by atoms with Crippen molar-refractivity contribution in [2.45, 2.75) is 53.5 Å². The van der Waals surface area contributed by atoms with Crippen molar-refractivity contribution in [2.75, 3.05) is 33.2 Å². The normalized spacial score (nSPS) is 12.0. The number of guanidine groups is 1. The second-order valence-corrected chi connectivity index (χ2v) is 7.08. The average Bonchev–Trinajstić information content (AvgIpc) is 2.84. The van der Waals surface area contributed by atoms with Crippen LogP contribution in [0.4, 0.5) is 0 Å². The molecule has 0 saturated heterocycles. The van der Waals surface area contributed by atoms with E-state index in [1.54, 1.807) is 11.3 Å². The summed E-state index contributed by atoms with van der Waals surface area (Å²) in [7, 11) is 1.82. The molecule has 0 aliphatic carbocycles. The van der Waals surface area contributed by atoms with Gasteiger partial charge in [0.25, 0.3) is 0 Å². The number of nitrogens with zero attached hydrogens (tertiary/aromatic N) is 3. The fourth-order valence-electron chi connectivity index (χ4n) is 2.60. The van der Waals surface area contributed by atoms with Crippen molar-refractivity contribution in [1.82, 2.24) is 20.5 Å². The zero-order valence-electron chi connectivity index (χ0n) is 15.4. The van der Waals surface area contributed by atoms with Gasteiger partial charge in [0, 0.05) is 18.5 Å². The highest BCUT2D eigenvalue weighted by Crippen LogP contribution is 2.16. The Kier molecular flexibility index (Phi) is 9.87. The van der Waals surface area contributed by atoms with E-state index in [0.29, 0.717) is 0 Å². The van der Waals surface area contributed by atoms with Gasteiger partial charge < -0.3 is 15.5 Å². The topological polar surface area (TPSA) is 52.5 Å². The number of thiazole rings is 1. The van der Waals surface area contributed by atoms with Crippen LogP contribution in [0.25, 0.3) is 0 Å². The van der Waals surface area contributed by atoms with Gasteiger partial charge in [-0.3, -0.25) is 4.99 Å². The van der Waals surface area contributed by atoms with E-state index < -0.39 is 0 Å². The van der Waals surface area contributed by atoms with Crippen molar-refractivity contribution in [3.63, 3.8) is 0 Å². The van der Waals surface area contributed by atoms with Crippen molar-refractivity contribution in [2.24, 2.45) is 4.99 Å². The minimum Gasteiger partial charge on any atom is -0.356 e. The van der Waals surface area contributed by atoms with Gasteiger partial charge in [-0.05, 0) is 52.7 Å². The SMILES string of the molecule is CCCN(CCC)CCCNC(=NC)NCc1sc(C)nc1C. The number of rotatable bonds is 10. The molecule has 0 unspecified atom stereocenters. The van der Waals surface area contributed by atoms with Gasteiger partial charge in [0.05, 0.1) is 17.2 Å². The Morgan fingerprint density at radius 2 is 1.83 bits per heavy atom. The van der Waals surface area contributed by atoms with Gasteiger partial charge in [0.1, 0.15) is 0 Å². The van der Waals surface area contributed by atoms with Crippen LogP contribution in [-0.4, -0.2) is 49.1 Å². The molecule has 0 spiro atoms. The molecule has 1 heterocycles. The molecular formula is C17H33N5S. The van der Waals surface area contributed by atoms with Crippen molar-refractivity contribution in [3.8, 4) is 0 Å². The van der Waals surface area contributed by atoms with E-state index in [9.17, 15) is 0 Å². The lowest BCUT2D eigenvalue weighted by Crippen LogP contribution is -2.38. The van der Waals surface area contributed by atoms with E-state index in [4.69, 9.17) is 0 Å². The van der Waals surface area contributed by atoms with Gasteiger partial charge >= 0.3 is 0 Å². The molecule has 6 heteroatoms. The lowest BCUT2D eigenvalue weighted by atomic mass is 10.3. The van der Waals surface area contributed by atoms with E-state index in [-0.39, 0.29) is 0 Å². The molecule has 0 bridgehead atoms. The van der Waals surface area contributed by atoms with Gasteiger partial charge in [-0.1, -0.05) is 13.8 Å². The van der Waals surface area contributed by atoms with Crippen LogP contribution in [0.3, 0.4) is 0 Å². The van der Waals surface area contributed by atoms with Gasteiger partial charge in [0.15, 0.2) is 5.96 Å². The highest BCUT2D eigenvalue weighted by Gasteiger charge is 2.06. The van der Waals surface area contributed by atoms with Crippen LogP contribution in [0.2, 0.25) is 0 Å². The molecule has 0 atom stereocenters. The molecule has 1 aromatic heterocycles. The summed E-state index contributed by atoms with van der Waals surface area (Å²) in [5.41, 5.74) is 1.12. The number of aliphatic imine (C=N–C) groups is 1. The fraction of sp³-hybridized carbons (Fsp3) is 0.765. The summed E-state index contributed by atoms with van der Waals surface area (Å²) in [5, 5.41) is 7.90. The van der Waals surface area contributed by atoms with Gasteiger partial charge in [-0.25, -0.2) is 4.98 Å². The second kappa shape index (κ2) is 11.4. The van der Waals surface area contributed by atoms with Crippen LogP contribution in [0.5, 0.6) is 0 Å². The van der Waals surface area contributed by atoms with Crippen LogP contribution in [0.1, 0.15) is 48.7 Å². The molecule has 0 aromatic carbocycles. The summed E-state index contributed by atoms with van der Waals surface area (Å²) >= 11 is 1.75. The van der Waals surface area contributed by atoms with Gasteiger partial charge in [-0.2, -0.15) is 0 Å². The lowest BCUT2D eigenvalue weighted by Gasteiger charge is -2.21. The van der Waals surface area contributed by atoms with Crippen LogP contribution >= 0.6 is 11.3 Å². The molecule has 0 aliphatic rings. The molecule has 0 saturated carbocycles. The Bertz CT molecular complexity index is 464. The van der Waals surface area contributed by atoms with Crippen LogP contribution < -0.4 is 10.6 Å². The highest BCUT2D eigenvalue weighted by atomic mass is 32.1. The summed E-state index contributed by atoms with van der Waals surface area (Å²) in [6.45, 7) is 13.9. The Morgan fingerprint density at radius 1 is 1.13 bits per heavy atom. The first-order valence-electron chi connectivity index (χ1n) is 8.70. The second-order valence-electron chi connectivity index (χ2n) is 5.79. The first-order valence-corrected chi connectivity index (χ1v) is 9.52. The predicted octanol–water partition coefficient (Wildman–Crippen LogP) is 2.94. The molecule has 23 heavy (non-hydrogen) atoms. The number of nitrogens with one attached hydrogen (secondary N) is 2. The third-order valence-electron chi connectivity index (χ3n) is 3.66. The van der Waals surface area contributed by atoms with E-state index in [0.717, 1.165) is 42.7 Å². The molecular weight excluding hydrogens is 306 g/mol. The number of aromatic nitrogens is 1. The van der Waals surface area contributed by atoms with E-state index in [1.165, 1.54) is 30.8 Å². The maximum Gasteiger partial charge on any atom is 0.191 e. The van der Waals surface area contributed by atoms with E-state index in [1.807, 2.05) is 14.0 Å².